The molecule has 1 aliphatic carbocycles. The summed E-state index contributed by atoms with van der Waals surface area (Å²) in [5.41, 5.74) is 1.29. The van der Waals surface area contributed by atoms with Crippen LogP contribution in [0.3, 0.4) is 0 Å². The molecule has 6 nitrogen and oxygen atoms in total. The highest BCUT2D eigenvalue weighted by atomic mass is 16.4. The van der Waals surface area contributed by atoms with Gasteiger partial charge in [0.25, 0.3) is 0 Å². The molecule has 0 radical (unpaired) electrons. The number of benzene rings is 1. The lowest BCUT2D eigenvalue weighted by Crippen LogP contribution is -2.52. The topological polar surface area (TPSA) is 86.7 Å². The van der Waals surface area contributed by atoms with E-state index in [1.54, 1.807) is 6.07 Å². The molecule has 1 aliphatic heterocycles. The number of carboxylic acid groups (broad SMARTS) is 1. The van der Waals surface area contributed by atoms with E-state index >= 15 is 0 Å². The van der Waals surface area contributed by atoms with Gasteiger partial charge >= 0.3 is 17.8 Å². The monoisotopic (exact) mass is 288 g/mol. The highest BCUT2D eigenvalue weighted by Gasteiger charge is 2.46. The van der Waals surface area contributed by atoms with E-state index in [0.717, 1.165) is 18.4 Å². The van der Waals surface area contributed by atoms with Crippen LogP contribution in [-0.2, 0) is 19.8 Å². The van der Waals surface area contributed by atoms with E-state index in [2.05, 4.69) is 5.32 Å². The first kappa shape index (κ1) is 13.6. The van der Waals surface area contributed by atoms with Crippen LogP contribution in [0.15, 0.2) is 24.3 Å². The first-order chi connectivity index (χ1) is 10.0. The van der Waals surface area contributed by atoms with Crippen LogP contribution in [0, 0.1) is 0 Å². The van der Waals surface area contributed by atoms with E-state index in [9.17, 15) is 14.4 Å². The Labute approximate surface area is 121 Å². The lowest BCUT2D eigenvalue weighted by Gasteiger charge is -2.27. The molecule has 1 heterocycles. The zero-order valence-corrected chi connectivity index (χ0v) is 11.5. The van der Waals surface area contributed by atoms with Gasteiger partial charge in [0.2, 0.25) is 0 Å². The number of hydrogen-bond acceptors (Lipinski definition) is 3. The first-order valence-corrected chi connectivity index (χ1v) is 6.94. The highest BCUT2D eigenvalue weighted by molar-refractivity contribution is 6.41. The van der Waals surface area contributed by atoms with Crippen LogP contribution in [0.2, 0.25) is 0 Å². The van der Waals surface area contributed by atoms with Crippen molar-refractivity contribution >= 4 is 23.5 Å². The average molecular weight is 288 g/mol. The van der Waals surface area contributed by atoms with Gasteiger partial charge in [0.15, 0.2) is 0 Å². The van der Waals surface area contributed by atoms with E-state index in [-0.39, 0.29) is 11.8 Å². The normalized spacial score (nSPS) is 20.1. The SMILES string of the molecule is O=C(O)CC1(c2cccc(N3CCNC(=O)C3=O)c2)CC1. The summed E-state index contributed by atoms with van der Waals surface area (Å²) in [6.07, 6.45) is 1.79. The molecule has 21 heavy (non-hydrogen) atoms. The Bertz CT molecular complexity index is 622. The molecule has 1 saturated carbocycles. The lowest BCUT2D eigenvalue weighted by molar-refractivity contribution is -0.138. The first-order valence-electron chi connectivity index (χ1n) is 6.94. The summed E-state index contributed by atoms with van der Waals surface area (Å²) in [6, 6.07) is 7.32. The number of nitrogens with one attached hydrogen (secondary N) is 1. The van der Waals surface area contributed by atoms with E-state index in [1.165, 1.54) is 4.90 Å². The number of aliphatic carboxylic acids is 1. The molecule has 1 saturated heterocycles. The number of carbonyl (C=O) groups excluding carboxylic acids is 2. The van der Waals surface area contributed by atoms with Gasteiger partial charge in [-0.25, -0.2) is 0 Å². The maximum Gasteiger partial charge on any atom is 0.316 e. The molecular formula is C15H16N2O4. The molecule has 0 aromatic heterocycles. The minimum absolute atomic E-state index is 0.102. The molecule has 0 bridgehead atoms. The molecule has 0 unspecified atom stereocenters. The summed E-state index contributed by atoms with van der Waals surface area (Å²) >= 11 is 0. The molecular weight excluding hydrogens is 272 g/mol. The zero-order chi connectivity index (χ0) is 15.0. The van der Waals surface area contributed by atoms with Gasteiger partial charge in [0.1, 0.15) is 0 Å². The fourth-order valence-corrected chi connectivity index (χ4v) is 2.84. The number of amides is 2. The smallest absolute Gasteiger partial charge is 0.316 e. The Morgan fingerprint density at radius 1 is 1.33 bits per heavy atom. The lowest BCUT2D eigenvalue weighted by atomic mass is 9.92. The summed E-state index contributed by atoms with van der Waals surface area (Å²) in [4.78, 5) is 35.8. The summed E-state index contributed by atoms with van der Waals surface area (Å²) in [5.74, 6) is -1.98. The van der Waals surface area contributed by atoms with Gasteiger partial charge in [-0.1, -0.05) is 12.1 Å². The van der Waals surface area contributed by atoms with Gasteiger partial charge in [-0.05, 0) is 30.5 Å². The molecule has 110 valence electrons. The number of rotatable bonds is 4. The Hall–Kier alpha value is -2.37. The minimum atomic E-state index is -0.814. The van der Waals surface area contributed by atoms with E-state index in [4.69, 9.17) is 5.11 Å². The van der Waals surface area contributed by atoms with Crippen molar-refractivity contribution in [1.82, 2.24) is 5.32 Å². The van der Waals surface area contributed by atoms with Crippen molar-refractivity contribution < 1.29 is 19.5 Å². The summed E-state index contributed by atoms with van der Waals surface area (Å²) in [6.45, 7) is 0.856. The number of anilines is 1. The fourth-order valence-electron chi connectivity index (χ4n) is 2.84. The standard InChI is InChI=1S/C15H16N2O4/c18-12(19)9-15(4-5-15)10-2-1-3-11(8-10)17-7-6-16-13(20)14(17)21/h1-3,8H,4-7,9H2,(H,16,20)(H,18,19). The third-order valence-corrected chi connectivity index (χ3v) is 4.17. The van der Waals surface area contributed by atoms with Crippen molar-refractivity contribution in [2.24, 2.45) is 0 Å². The average Bonchev–Trinajstić information content (AvgIpc) is 3.22. The summed E-state index contributed by atoms with van der Waals surface area (Å²) in [7, 11) is 0. The second-order valence-electron chi connectivity index (χ2n) is 5.61. The molecule has 0 spiro atoms. The maximum atomic E-state index is 11.9. The molecule has 1 aromatic rings. The Balaban J connectivity index is 1.88. The summed E-state index contributed by atoms with van der Waals surface area (Å²) in [5, 5.41) is 11.5. The van der Waals surface area contributed by atoms with Gasteiger partial charge in [-0.2, -0.15) is 0 Å². The van der Waals surface area contributed by atoms with E-state index < -0.39 is 17.8 Å². The molecule has 2 fully saturated rings. The molecule has 0 atom stereocenters. The van der Waals surface area contributed by atoms with Gasteiger partial charge in [0.05, 0.1) is 6.42 Å². The van der Waals surface area contributed by atoms with Crippen LogP contribution in [0.5, 0.6) is 0 Å². The largest absolute Gasteiger partial charge is 0.481 e. The molecule has 1 aromatic carbocycles. The van der Waals surface area contributed by atoms with Crippen LogP contribution < -0.4 is 10.2 Å². The second-order valence-corrected chi connectivity index (χ2v) is 5.61. The molecule has 6 heteroatoms. The summed E-state index contributed by atoms with van der Waals surface area (Å²) < 4.78 is 0. The zero-order valence-electron chi connectivity index (χ0n) is 11.5. The number of carboxylic acids is 1. The number of hydrogen-bond donors (Lipinski definition) is 2. The quantitative estimate of drug-likeness (QED) is 0.797. The van der Waals surface area contributed by atoms with E-state index in [1.807, 2.05) is 18.2 Å². The fraction of sp³-hybridized carbons (Fsp3) is 0.400. The number of nitrogens with zero attached hydrogens (tertiary/aromatic N) is 1. The highest BCUT2D eigenvalue weighted by Crippen LogP contribution is 2.51. The Kier molecular flexibility index (Phi) is 3.16. The van der Waals surface area contributed by atoms with Crippen LogP contribution in [0.1, 0.15) is 24.8 Å². The number of piperazine rings is 1. The van der Waals surface area contributed by atoms with Crippen LogP contribution in [0.4, 0.5) is 5.69 Å². The third kappa shape index (κ3) is 2.49. The van der Waals surface area contributed by atoms with Crippen molar-refractivity contribution in [2.45, 2.75) is 24.7 Å². The minimum Gasteiger partial charge on any atom is -0.481 e. The maximum absolute atomic E-state index is 11.9. The molecule has 3 rings (SSSR count). The molecule has 2 N–H and O–H groups in total. The van der Waals surface area contributed by atoms with Crippen molar-refractivity contribution in [1.29, 1.82) is 0 Å². The van der Waals surface area contributed by atoms with Crippen LogP contribution >= 0.6 is 0 Å². The third-order valence-electron chi connectivity index (χ3n) is 4.17. The molecule has 2 amide bonds. The Morgan fingerprint density at radius 2 is 2.10 bits per heavy atom. The van der Waals surface area contributed by atoms with Gasteiger partial charge in [0, 0.05) is 24.2 Å². The van der Waals surface area contributed by atoms with Crippen LogP contribution in [0.25, 0.3) is 0 Å². The Morgan fingerprint density at radius 3 is 2.76 bits per heavy atom. The van der Waals surface area contributed by atoms with Crippen molar-refractivity contribution in [3.05, 3.63) is 29.8 Å². The predicted molar refractivity (Wildman–Crippen MR) is 75.0 cm³/mol. The van der Waals surface area contributed by atoms with Gasteiger partial charge < -0.3 is 15.3 Å². The van der Waals surface area contributed by atoms with Gasteiger partial charge in [-0.15, -0.1) is 0 Å². The second kappa shape index (κ2) is 4.87. The van der Waals surface area contributed by atoms with Gasteiger partial charge in [-0.3, -0.25) is 14.4 Å². The number of carbonyl (C=O) groups is 3. The van der Waals surface area contributed by atoms with E-state index in [0.29, 0.717) is 18.8 Å². The van der Waals surface area contributed by atoms with Crippen LogP contribution in [-0.4, -0.2) is 36.0 Å². The van der Waals surface area contributed by atoms with Crippen molar-refractivity contribution in [3.8, 4) is 0 Å². The predicted octanol–water partition coefficient (Wildman–Crippen LogP) is 0.656. The van der Waals surface area contributed by atoms with Crippen molar-refractivity contribution in [2.75, 3.05) is 18.0 Å². The van der Waals surface area contributed by atoms with Crippen molar-refractivity contribution in [3.63, 3.8) is 0 Å². The molecule has 2 aliphatic rings.